The van der Waals surface area contributed by atoms with Crippen LogP contribution in [0.1, 0.15) is 17.0 Å². The molecule has 0 aliphatic heterocycles. The number of aliphatic hydroxyl groups is 2. The summed E-state index contributed by atoms with van der Waals surface area (Å²) in [7, 11) is 0. The second-order valence-corrected chi connectivity index (χ2v) is 5.13. The first kappa shape index (κ1) is 14.4. The van der Waals surface area contributed by atoms with Gasteiger partial charge in [0, 0.05) is 5.92 Å². The van der Waals surface area contributed by atoms with Crippen molar-refractivity contribution in [3.8, 4) is 0 Å². The molecule has 2 N–H and O–H groups in total. The van der Waals surface area contributed by atoms with Gasteiger partial charge in [-0.1, -0.05) is 59.6 Å². The van der Waals surface area contributed by atoms with Crippen LogP contribution in [0.2, 0.25) is 10.0 Å². The minimum absolute atomic E-state index is 0.320. The maximum atomic E-state index is 10.1. The molecule has 0 aromatic heterocycles. The molecular weight excluding hydrogens is 283 g/mol. The first-order chi connectivity index (χ1) is 9.13. The van der Waals surface area contributed by atoms with E-state index in [9.17, 15) is 10.2 Å². The van der Waals surface area contributed by atoms with Gasteiger partial charge < -0.3 is 10.2 Å². The second-order valence-electron chi connectivity index (χ2n) is 4.31. The molecule has 0 spiro atoms. The molecule has 0 aliphatic carbocycles. The van der Waals surface area contributed by atoms with Crippen LogP contribution in [0.25, 0.3) is 0 Å². The minimum atomic E-state index is -0.889. The van der Waals surface area contributed by atoms with Gasteiger partial charge in [-0.15, -0.1) is 0 Å². The molecule has 4 heteroatoms. The van der Waals surface area contributed by atoms with E-state index in [1.165, 1.54) is 0 Å². The van der Waals surface area contributed by atoms with Crippen molar-refractivity contribution in [3.63, 3.8) is 0 Å². The average molecular weight is 297 g/mol. The largest absolute Gasteiger partial charge is 0.394 e. The molecule has 2 nitrogen and oxygen atoms in total. The fourth-order valence-corrected chi connectivity index (χ4v) is 2.41. The topological polar surface area (TPSA) is 40.5 Å². The van der Waals surface area contributed by atoms with Crippen LogP contribution in [0, 0.1) is 0 Å². The van der Waals surface area contributed by atoms with Gasteiger partial charge in [-0.05, 0) is 23.3 Å². The lowest BCUT2D eigenvalue weighted by Crippen LogP contribution is -2.23. The van der Waals surface area contributed by atoms with Gasteiger partial charge in [-0.25, -0.2) is 0 Å². The summed E-state index contributed by atoms with van der Waals surface area (Å²) in [6.07, 6.45) is -0.889. The van der Waals surface area contributed by atoms with E-state index in [-0.39, 0.29) is 12.5 Å². The molecular formula is C15H14Cl2O2. The number of benzene rings is 2. The summed E-state index contributed by atoms with van der Waals surface area (Å²) < 4.78 is 0. The molecule has 0 bridgehead atoms. The molecule has 0 amide bonds. The molecule has 0 fully saturated rings. The summed E-state index contributed by atoms with van der Waals surface area (Å²) in [5.41, 5.74) is 1.74. The number of hydrogen-bond donors (Lipinski definition) is 2. The summed E-state index contributed by atoms with van der Waals surface area (Å²) in [4.78, 5) is 0. The Kier molecular flexibility index (Phi) is 4.83. The van der Waals surface area contributed by atoms with Crippen molar-refractivity contribution in [1.82, 2.24) is 0 Å². The third-order valence-corrected chi connectivity index (χ3v) is 3.77. The molecule has 0 aliphatic rings. The highest BCUT2D eigenvalue weighted by molar-refractivity contribution is 6.42. The Morgan fingerprint density at radius 1 is 0.895 bits per heavy atom. The van der Waals surface area contributed by atoms with Crippen LogP contribution in [0.3, 0.4) is 0 Å². The third kappa shape index (κ3) is 3.28. The van der Waals surface area contributed by atoms with Gasteiger partial charge in [0.25, 0.3) is 0 Å². The van der Waals surface area contributed by atoms with Gasteiger partial charge in [-0.2, -0.15) is 0 Å². The van der Waals surface area contributed by atoms with Crippen LogP contribution in [0.15, 0.2) is 48.5 Å². The van der Waals surface area contributed by atoms with E-state index in [1.807, 2.05) is 36.4 Å². The van der Waals surface area contributed by atoms with E-state index in [4.69, 9.17) is 23.2 Å². The summed E-state index contributed by atoms with van der Waals surface area (Å²) in [5.74, 6) is -0.332. The highest BCUT2D eigenvalue weighted by atomic mass is 35.5. The van der Waals surface area contributed by atoms with Crippen molar-refractivity contribution in [2.24, 2.45) is 0 Å². The van der Waals surface area contributed by atoms with Crippen LogP contribution >= 0.6 is 23.2 Å². The Balaban J connectivity index is 2.46. The first-order valence-electron chi connectivity index (χ1n) is 5.92. The van der Waals surface area contributed by atoms with Gasteiger partial charge in [0.2, 0.25) is 0 Å². The first-order valence-corrected chi connectivity index (χ1v) is 6.68. The Morgan fingerprint density at radius 3 is 2.16 bits per heavy atom. The Bertz CT molecular complexity index is 543. The fraction of sp³-hybridized carbons (Fsp3) is 0.200. The zero-order valence-electron chi connectivity index (χ0n) is 10.1. The minimum Gasteiger partial charge on any atom is -0.394 e. The molecule has 0 saturated carbocycles. The molecule has 0 heterocycles. The summed E-state index contributed by atoms with van der Waals surface area (Å²) in [6, 6.07) is 14.7. The molecule has 0 radical (unpaired) electrons. The Hall–Kier alpha value is -1.06. The normalized spacial score (nSPS) is 14.1. The fourth-order valence-electron chi connectivity index (χ4n) is 2.11. The lowest BCUT2D eigenvalue weighted by atomic mass is 9.87. The zero-order chi connectivity index (χ0) is 13.8. The highest BCUT2D eigenvalue weighted by Gasteiger charge is 2.23. The highest BCUT2D eigenvalue weighted by Crippen LogP contribution is 2.32. The number of halogens is 2. The van der Waals surface area contributed by atoms with Crippen molar-refractivity contribution in [3.05, 3.63) is 69.7 Å². The molecule has 2 rings (SSSR count). The predicted octanol–water partition coefficient (Wildman–Crippen LogP) is 3.48. The van der Waals surface area contributed by atoms with E-state index >= 15 is 0 Å². The van der Waals surface area contributed by atoms with E-state index in [0.29, 0.717) is 10.0 Å². The van der Waals surface area contributed by atoms with Gasteiger partial charge >= 0.3 is 0 Å². The van der Waals surface area contributed by atoms with Crippen molar-refractivity contribution >= 4 is 23.2 Å². The van der Waals surface area contributed by atoms with Crippen molar-refractivity contribution in [2.45, 2.75) is 12.0 Å². The second kappa shape index (κ2) is 6.40. The SMILES string of the molecule is OC[C@H](O)[C@H](c1ccccc1)c1ccc(Cl)c(Cl)c1. The number of rotatable bonds is 4. The average Bonchev–Trinajstić information content (AvgIpc) is 2.44. The maximum absolute atomic E-state index is 10.1. The molecule has 2 aromatic carbocycles. The van der Waals surface area contributed by atoms with Crippen LogP contribution in [-0.4, -0.2) is 22.9 Å². The van der Waals surface area contributed by atoms with E-state index < -0.39 is 6.10 Å². The summed E-state index contributed by atoms with van der Waals surface area (Å²) >= 11 is 11.9. The molecule has 0 saturated heterocycles. The van der Waals surface area contributed by atoms with Gasteiger partial charge in [-0.3, -0.25) is 0 Å². The predicted molar refractivity (Wildman–Crippen MR) is 77.8 cm³/mol. The van der Waals surface area contributed by atoms with Crippen molar-refractivity contribution in [1.29, 1.82) is 0 Å². The molecule has 19 heavy (non-hydrogen) atoms. The molecule has 2 atom stereocenters. The lowest BCUT2D eigenvalue weighted by Gasteiger charge is -2.22. The van der Waals surface area contributed by atoms with E-state index in [1.54, 1.807) is 12.1 Å². The van der Waals surface area contributed by atoms with Gasteiger partial charge in [0.05, 0.1) is 22.8 Å². The van der Waals surface area contributed by atoms with Crippen LogP contribution in [-0.2, 0) is 0 Å². The molecule has 100 valence electrons. The van der Waals surface area contributed by atoms with Crippen molar-refractivity contribution < 1.29 is 10.2 Å². The standard InChI is InChI=1S/C15H14Cl2O2/c16-12-7-6-11(8-13(12)17)15(14(19)9-18)10-4-2-1-3-5-10/h1-8,14-15,18-19H,9H2/t14-,15+/m0/s1. The van der Waals surface area contributed by atoms with E-state index in [0.717, 1.165) is 11.1 Å². The Labute approximate surface area is 122 Å². The maximum Gasteiger partial charge on any atom is 0.0879 e. The summed E-state index contributed by atoms with van der Waals surface area (Å²) in [5, 5.41) is 20.2. The monoisotopic (exact) mass is 296 g/mol. The lowest BCUT2D eigenvalue weighted by molar-refractivity contribution is 0.0823. The number of aliphatic hydroxyl groups excluding tert-OH is 2. The summed E-state index contributed by atoms with van der Waals surface area (Å²) in [6.45, 7) is -0.320. The zero-order valence-corrected chi connectivity index (χ0v) is 11.6. The van der Waals surface area contributed by atoms with Crippen LogP contribution < -0.4 is 0 Å². The van der Waals surface area contributed by atoms with Gasteiger partial charge in [0.15, 0.2) is 0 Å². The van der Waals surface area contributed by atoms with Crippen LogP contribution in [0.5, 0.6) is 0 Å². The number of hydrogen-bond acceptors (Lipinski definition) is 2. The molecule has 2 aromatic rings. The Morgan fingerprint density at radius 2 is 1.58 bits per heavy atom. The van der Waals surface area contributed by atoms with Crippen molar-refractivity contribution in [2.75, 3.05) is 6.61 Å². The smallest absolute Gasteiger partial charge is 0.0879 e. The van der Waals surface area contributed by atoms with E-state index in [2.05, 4.69) is 0 Å². The van der Waals surface area contributed by atoms with Crippen LogP contribution in [0.4, 0.5) is 0 Å². The molecule has 0 unspecified atom stereocenters. The van der Waals surface area contributed by atoms with Gasteiger partial charge in [0.1, 0.15) is 0 Å². The third-order valence-electron chi connectivity index (χ3n) is 3.03. The quantitative estimate of drug-likeness (QED) is 0.907.